The van der Waals surface area contributed by atoms with Gasteiger partial charge in [-0.15, -0.1) is 0 Å². The number of carbonyl (C=O) groups excluding carboxylic acids is 1. The number of nitrogens with zero attached hydrogens (tertiary/aromatic N) is 3. The normalized spacial score (nSPS) is 14.1. The standard InChI is InChI=1S/C20H18F2N4O2/c21-13-1-2-14(15(22)8-13)17-4-3-16(23)18(25-17)9-20(27)26-10-12(11-26)7-19-24-5-6-28-19/h1-6,8,12H,7,9-11,23H2. The number of halogens is 2. The van der Waals surface area contributed by atoms with Gasteiger partial charge in [0, 0.05) is 37.1 Å². The minimum atomic E-state index is -0.716. The highest BCUT2D eigenvalue weighted by Gasteiger charge is 2.32. The smallest absolute Gasteiger partial charge is 0.228 e. The van der Waals surface area contributed by atoms with Crippen LogP contribution in [0, 0.1) is 17.6 Å². The van der Waals surface area contributed by atoms with Crippen LogP contribution < -0.4 is 5.73 Å². The summed E-state index contributed by atoms with van der Waals surface area (Å²) in [6, 6.07) is 6.41. The Hall–Kier alpha value is -3.29. The van der Waals surface area contributed by atoms with Crippen molar-refractivity contribution < 1.29 is 18.0 Å². The lowest BCUT2D eigenvalue weighted by atomic mass is 9.95. The molecule has 3 heterocycles. The molecule has 0 atom stereocenters. The molecular formula is C20H18F2N4O2. The van der Waals surface area contributed by atoms with E-state index in [1.54, 1.807) is 23.2 Å². The highest BCUT2D eigenvalue weighted by Crippen LogP contribution is 2.25. The lowest BCUT2D eigenvalue weighted by molar-refractivity contribution is -0.136. The summed E-state index contributed by atoms with van der Waals surface area (Å²) in [5, 5.41) is 0. The first-order chi connectivity index (χ1) is 13.5. The Balaban J connectivity index is 1.42. The van der Waals surface area contributed by atoms with Crippen LogP contribution in [0.5, 0.6) is 0 Å². The molecule has 1 saturated heterocycles. The maximum atomic E-state index is 14.0. The molecular weight excluding hydrogens is 366 g/mol. The van der Waals surface area contributed by atoms with Gasteiger partial charge in [-0.2, -0.15) is 0 Å². The van der Waals surface area contributed by atoms with E-state index in [-0.39, 0.29) is 17.9 Å². The van der Waals surface area contributed by atoms with Gasteiger partial charge < -0.3 is 15.1 Å². The Kier molecular flexibility index (Phi) is 4.77. The molecule has 1 aliphatic heterocycles. The third kappa shape index (κ3) is 3.71. The van der Waals surface area contributed by atoms with E-state index in [0.29, 0.717) is 48.4 Å². The number of anilines is 1. The third-order valence-corrected chi connectivity index (χ3v) is 4.79. The highest BCUT2D eigenvalue weighted by atomic mass is 19.1. The monoisotopic (exact) mass is 384 g/mol. The number of nitrogen functional groups attached to an aromatic ring is 1. The maximum absolute atomic E-state index is 14.0. The quantitative estimate of drug-likeness (QED) is 0.731. The second-order valence-corrected chi connectivity index (χ2v) is 6.83. The number of aromatic nitrogens is 2. The molecule has 8 heteroatoms. The number of hydrogen-bond acceptors (Lipinski definition) is 5. The minimum absolute atomic E-state index is 0.0220. The van der Waals surface area contributed by atoms with E-state index in [4.69, 9.17) is 10.2 Å². The zero-order valence-corrected chi connectivity index (χ0v) is 14.9. The van der Waals surface area contributed by atoms with Gasteiger partial charge in [-0.25, -0.2) is 13.8 Å². The van der Waals surface area contributed by atoms with Crippen LogP contribution in [0.15, 0.2) is 47.2 Å². The molecule has 0 aliphatic carbocycles. The molecule has 4 rings (SSSR count). The fraction of sp³-hybridized carbons (Fsp3) is 0.250. The Morgan fingerprint density at radius 2 is 2.07 bits per heavy atom. The van der Waals surface area contributed by atoms with Crippen molar-refractivity contribution in [3.8, 4) is 11.3 Å². The Morgan fingerprint density at radius 1 is 1.25 bits per heavy atom. The number of pyridine rings is 1. The number of benzene rings is 1. The Bertz CT molecular complexity index is 1000. The first-order valence-corrected chi connectivity index (χ1v) is 8.86. The predicted molar refractivity (Wildman–Crippen MR) is 98.0 cm³/mol. The first-order valence-electron chi connectivity index (χ1n) is 8.86. The van der Waals surface area contributed by atoms with Gasteiger partial charge in [0.05, 0.1) is 29.7 Å². The Labute approximate surface area is 160 Å². The number of rotatable bonds is 5. The average Bonchev–Trinajstić information content (AvgIpc) is 3.13. The van der Waals surface area contributed by atoms with Crippen molar-refractivity contribution in [2.24, 2.45) is 5.92 Å². The summed E-state index contributed by atoms with van der Waals surface area (Å²) in [7, 11) is 0. The molecule has 1 aliphatic rings. The first kappa shape index (κ1) is 18.1. The molecule has 0 unspecified atom stereocenters. The van der Waals surface area contributed by atoms with Crippen molar-refractivity contribution in [3.05, 3.63) is 66.0 Å². The molecule has 0 spiro atoms. The number of amides is 1. The van der Waals surface area contributed by atoms with Crippen molar-refractivity contribution in [2.75, 3.05) is 18.8 Å². The molecule has 1 fully saturated rings. The summed E-state index contributed by atoms with van der Waals surface area (Å²) in [6.07, 6.45) is 3.84. The van der Waals surface area contributed by atoms with Gasteiger partial charge in [0.1, 0.15) is 17.9 Å². The van der Waals surface area contributed by atoms with Crippen LogP contribution in [-0.4, -0.2) is 33.9 Å². The summed E-state index contributed by atoms with van der Waals surface area (Å²) in [4.78, 5) is 22.7. The Morgan fingerprint density at radius 3 is 2.79 bits per heavy atom. The van der Waals surface area contributed by atoms with Crippen molar-refractivity contribution in [1.82, 2.24) is 14.9 Å². The van der Waals surface area contributed by atoms with E-state index in [9.17, 15) is 13.6 Å². The number of oxazole rings is 1. The van der Waals surface area contributed by atoms with Crippen LogP contribution in [0.1, 0.15) is 11.6 Å². The van der Waals surface area contributed by atoms with E-state index in [1.807, 2.05) is 0 Å². The van der Waals surface area contributed by atoms with Crippen molar-refractivity contribution in [3.63, 3.8) is 0 Å². The molecule has 1 aromatic carbocycles. The summed E-state index contributed by atoms with van der Waals surface area (Å²) in [6.45, 7) is 1.24. The van der Waals surface area contributed by atoms with E-state index >= 15 is 0 Å². The van der Waals surface area contributed by atoms with E-state index in [0.717, 1.165) is 12.1 Å². The summed E-state index contributed by atoms with van der Waals surface area (Å²) >= 11 is 0. The SMILES string of the molecule is Nc1ccc(-c2ccc(F)cc2F)nc1CC(=O)N1CC(Cc2ncco2)C1. The van der Waals surface area contributed by atoms with Crippen LogP contribution in [0.2, 0.25) is 0 Å². The third-order valence-electron chi connectivity index (χ3n) is 4.79. The summed E-state index contributed by atoms with van der Waals surface area (Å²) in [5.41, 5.74) is 7.15. The zero-order chi connectivity index (χ0) is 19.7. The maximum Gasteiger partial charge on any atom is 0.228 e. The highest BCUT2D eigenvalue weighted by molar-refractivity contribution is 5.81. The zero-order valence-electron chi connectivity index (χ0n) is 14.9. The number of nitrogens with two attached hydrogens (primary N) is 1. The molecule has 2 aromatic heterocycles. The molecule has 2 N–H and O–H groups in total. The number of hydrogen-bond donors (Lipinski definition) is 1. The number of carbonyl (C=O) groups is 1. The van der Waals surface area contributed by atoms with E-state index in [1.165, 1.54) is 12.3 Å². The van der Waals surface area contributed by atoms with Crippen LogP contribution in [0.3, 0.4) is 0 Å². The molecule has 0 radical (unpaired) electrons. The average molecular weight is 384 g/mol. The topological polar surface area (TPSA) is 85.2 Å². The van der Waals surface area contributed by atoms with Gasteiger partial charge in [0.15, 0.2) is 5.89 Å². The van der Waals surface area contributed by atoms with Crippen LogP contribution >= 0.6 is 0 Å². The molecule has 3 aromatic rings. The molecule has 1 amide bonds. The van der Waals surface area contributed by atoms with E-state index < -0.39 is 11.6 Å². The second-order valence-electron chi connectivity index (χ2n) is 6.83. The molecule has 0 bridgehead atoms. The summed E-state index contributed by atoms with van der Waals surface area (Å²) < 4.78 is 32.4. The van der Waals surface area contributed by atoms with Crippen LogP contribution in [-0.2, 0) is 17.6 Å². The van der Waals surface area contributed by atoms with Gasteiger partial charge in [0.2, 0.25) is 5.91 Å². The lowest BCUT2D eigenvalue weighted by Crippen LogP contribution is -2.51. The van der Waals surface area contributed by atoms with Crippen molar-refractivity contribution in [1.29, 1.82) is 0 Å². The fourth-order valence-corrected chi connectivity index (χ4v) is 3.26. The van der Waals surface area contributed by atoms with Gasteiger partial charge >= 0.3 is 0 Å². The van der Waals surface area contributed by atoms with Crippen molar-refractivity contribution >= 4 is 11.6 Å². The van der Waals surface area contributed by atoms with Crippen LogP contribution in [0.25, 0.3) is 11.3 Å². The fourth-order valence-electron chi connectivity index (χ4n) is 3.26. The molecule has 0 saturated carbocycles. The molecule has 28 heavy (non-hydrogen) atoms. The van der Waals surface area contributed by atoms with Gasteiger partial charge in [-0.1, -0.05) is 0 Å². The summed E-state index contributed by atoms with van der Waals surface area (Å²) in [5.74, 6) is -0.500. The van der Waals surface area contributed by atoms with Gasteiger partial charge in [-0.3, -0.25) is 9.78 Å². The number of likely N-dealkylation sites (tertiary alicyclic amines) is 1. The van der Waals surface area contributed by atoms with Gasteiger partial charge in [-0.05, 0) is 24.3 Å². The minimum Gasteiger partial charge on any atom is -0.449 e. The molecule has 144 valence electrons. The molecule has 6 nitrogen and oxygen atoms in total. The van der Waals surface area contributed by atoms with Crippen molar-refractivity contribution in [2.45, 2.75) is 12.8 Å². The largest absolute Gasteiger partial charge is 0.449 e. The van der Waals surface area contributed by atoms with Gasteiger partial charge in [0.25, 0.3) is 0 Å². The van der Waals surface area contributed by atoms with Crippen LogP contribution in [0.4, 0.5) is 14.5 Å². The predicted octanol–water partition coefficient (Wildman–Crippen LogP) is 2.84. The second kappa shape index (κ2) is 7.38. The van der Waals surface area contributed by atoms with E-state index in [2.05, 4.69) is 9.97 Å². The lowest BCUT2D eigenvalue weighted by Gasteiger charge is -2.38.